The number of amides is 1. The minimum Gasteiger partial charge on any atom is -0.312 e. The van der Waals surface area contributed by atoms with E-state index < -0.39 is 0 Å². The molecule has 1 aliphatic rings. The van der Waals surface area contributed by atoms with Crippen LogP contribution in [0.25, 0.3) is 0 Å². The molecular formula is C18H18FN3O. The number of nitrogens with one attached hydrogen (secondary N) is 1. The molecule has 2 aromatic carbocycles. The van der Waals surface area contributed by atoms with Crippen LogP contribution >= 0.6 is 0 Å². The molecule has 1 heterocycles. The van der Waals surface area contributed by atoms with Gasteiger partial charge in [0.1, 0.15) is 5.82 Å². The molecule has 0 bridgehead atoms. The summed E-state index contributed by atoms with van der Waals surface area (Å²) in [5.74, 6) is -0.0541. The fraction of sp³-hybridized carbons (Fsp3) is 0.222. The molecule has 0 fully saturated rings. The average molecular weight is 311 g/mol. The van der Waals surface area contributed by atoms with Gasteiger partial charge in [-0.15, -0.1) is 0 Å². The molecule has 0 spiro atoms. The Bertz CT molecular complexity index is 757. The summed E-state index contributed by atoms with van der Waals surface area (Å²) in [6, 6.07) is 13.7. The highest BCUT2D eigenvalue weighted by Gasteiger charge is 2.20. The molecule has 118 valence electrons. The third kappa shape index (κ3) is 3.56. The summed E-state index contributed by atoms with van der Waals surface area (Å²) in [4.78, 5) is 18.6. The summed E-state index contributed by atoms with van der Waals surface area (Å²) < 4.78 is 13.5. The van der Waals surface area contributed by atoms with Crippen molar-refractivity contribution in [2.24, 2.45) is 4.99 Å². The highest BCUT2D eigenvalue weighted by molar-refractivity contribution is 6.11. The van der Waals surface area contributed by atoms with Crippen LogP contribution in [0, 0.1) is 12.7 Å². The third-order valence-electron chi connectivity index (χ3n) is 3.68. The highest BCUT2D eigenvalue weighted by atomic mass is 19.1. The smallest absolute Gasteiger partial charge is 0.257 e. The van der Waals surface area contributed by atoms with Crippen LogP contribution in [-0.4, -0.2) is 25.0 Å². The first-order valence-electron chi connectivity index (χ1n) is 7.59. The molecule has 2 aromatic rings. The van der Waals surface area contributed by atoms with Gasteiger partial charge in [0.2, 0.25) is 5.96 Å². The number of nitrogens with zero attached hydrogens (tertiary/aromatic N) is 2. The molecule has 0 saturated carbocycles. The van der Waals surface area contributed by atoms with Crippen LogP contribution < -0.4 is 10.2 Å². The number of anilines is 1. The van der Waals surface area contributed by atoms with Crippen molar-refractivity contribution in [3.05, 3.63) is 65.5 Å². The number of hydrogen-bond acceptors (Lipinski definition) is 3. The molecule has 0 aliphatic carbocycles. The maximum atomic E-state index is 13.5. The summed E-state index contributed by atoms with van der Waals surface area (Å²) in [5.41, 5.74) is 2.29. The van der Waals surface area contributed by atoms with Gasteiger partial charge in [0.05, 0.1) is 0 Å². The number of rotatable bonds is 2. The van der Waals surface area contributed by atoms with E-state index in [4.69, 9.17) is 0 Å². The van der Waals surface area contributed by atoms with E-state index in [1.54, 1.807) is 12.1 Å². The monoisotopic (exact) mass is 311 g/mol. The van der Waals surface area contributed by atoms with Crippen molar-refractivity contribution in [3.63, 3.8) is 0 Å². The highest BCUT2D eigenvalue weighted by Crippen LogP contribution is 2.18. The van der Waals surface area contributed by atoms with E-state index in [2.05, 4.69) is 10.3 Å². The molecule has 5 heteroatoms. The quantitative estimate of drug-likeness (QED) is 0.926. The summed E-state index contributed by atoms with van der Waals surface area (Å²) >= 11 is 0. The first-order chi connectivity index (χ1) is 11.1. The SMILES string of the molecule is Cc1cccc(C(=O)NC2=NCCCN2c2cccc(F)c2)c1. The lowest BCUT2D eigenvalue weighted by Gasteiger charge is -2.29. The van der Waals surface area contributed by atoms with Crippen molar-refractivity contribution in [3.8, 4) is 0 Å². The van der Waals surface area contributed by atoms with Crippen molar-refractivity contribution in [2.45, 2.75) is 13.3 Å². The van der Waals surface area contributed by atoms with E-state index in [1.807, 2.05) is 36.1 Å². The van der Waals surface area contributed by atoms with Gasteiger partial charge in [0.25, 0.3) is 5.91 Å². The third-order valence-corrected chi connectivity index (χ3v) is 3.68. The van der Waals surface area contributed by atoms with E-state index >= 15 is 0 Å². The number of benzene rings is 2. The summed E-state index contributed by atoms with van der Waals surface area (Å²) in [5, 5.41) is 2.84. The Hall–Kier alpha value is -2.69. The van der Waals surface area contributed by atoms with Crippen molar-refractivity contribution in [2.75, 3.05) is 18.0 Å². The predicted octanol–water partition coefficient (Wildman–Crippen LogP) is 3.13. The maximum absolute atomic E-state index is 13.5. The summed E-state index contributed by atoms with van der Waals surface area (Å²) in [6.45, 7) is 3.28. The largest absolute Gasteiger partial charge is 0.312 e. The second-order valence-electron chi connectivity index (χ2n) is 5.51. The van der Waals surface area contributed by atoms with Gasteiger partial charge < -0.3 is 4.90 Å². The van der Waals surface area contributed by atoms with Crippen LogP contribution in [0.3, 0.4) is 0 Å². The van der Waals surface area contributed by atoms with Crippen molar-refractivity contribution in [1.82, 2.24) is 5.32 Å². The molecule has 0 unspecified atom stereocenters. The minimum atomic E-state index is -0.308. The lowest BCUT2D eigenvalue weighted by atomic mass is 10.1. The zero-order chi connectivity index (χ0) is 16.2. The zero-order valence-corrected chi connectivity index (χ0v) is 12.9. The van der Waals surface area contributed by atoms with E-state index in [9.17, 15) is 9.18 Å². The van der Waals surface area contributed by atoms with Gasteiger partial charge in [-0.1, -0.05) is 23.8 Å². The fourth-order valence-corrected chi connectivity index (χ4v) is 2.57. The number of aliphatic imine (C=N–C) groups is 1. The fourth-order valence-electron chi connectivity index (χ4n) is 2.57. The molecule has 23 heavy (non-hydrogen) atoms. The molecule has 3 rings (SSSR count). The Balaban J connectivity index is 1.82. The van der Waals surface area contributed by atoms with Gasteiger partial charge in [-0.05, 0) is 43.7 Å². The zero-order valence-electron chi connectivity index (χ0n) is 12.9. The molecular weight excluding hydrogens is 293 g/mol. The van der Waals surface area contributed by atoms with E-state index in [0.29, 0.717) is 30.3 Å². The van der Waals surface area contributed by atoms with Crippen molar-refractivity contribution in [1.29, 1.82) is 0 Å². The second-order valence-corrected chi connectivity index (χ2v) is 5.51. The van der Waals surface area contributed by atoms with Crippen LogP contribution in [0.1, 0.15) is 22.3 Å². The van der Waals surface area contributed by atoms with Gasteiger partial charge in [-0.2, -0.15) is 0 Å². The average Bonchev–Trinajstić information content (AvgIpc) is 2.55. The molecule has 4 nitrogen and oxygen atoms in total. The summed E-state index contributed by atoms with van der Waals surface area (Å²) in [7, 11) is 0. The van der Waals surface area contributed by atoms with Gasteiger partial charge in [0.15, 0.2) is 0 Å². The number of guanidine groups is 1. The molecule has 0 saturated heterocycles. The topological polar surface area (TPSA) is 44.7 Å². The van der Waals surface area contributed by atoms with Crippen LogP contribution in [-0.2, 0) is 0 Å². The van der Waals surface area contributed by atoms with E-state index in [0.717, 1.165) is 12.0 Å². The lowest BCUT2D eigenvalue weighted by Crippen LogP contribution is -2.47. The summed E-state index contributed by atoms with van der Waals surface area (Å²) in [6.07, 6.45) is 0.861. The number of aryl methyl sites for hydroxylation is 1. The number of halogens is 1. The van der Waals surface area contributed by atoms with Crippen LogP contribution in [0.5, 0.6) is 0 Å². The second kappa shape index (κ2) is 6.60. The van der Waals surface area contributed by atoms with Gasteiger partial charge >= 0.3 is 0 Å². The Kier molecular flexibility index (Phi) is 4.37. The normalized spacial score (nSPS) is 14.3. The van der Waals surface area contributed by atoms with Crippen molar-refractivity contribution >= 4 is 17.6 Å². The Morgan fingerprint density at radius 3 is 2.83 bits per heavy atom. The molecule has 1 amide bonds. The molecule has 1 aliphatic heterocycles. The first kappa shape index (κ1) is 15.2. The first-order valence-corrected chi connectivity index (χ1v) is 7.59. The van der Waals surface area contributed by atoms with Crippen molar-refractivity contribution < 1.29 is 9.18 Å². The molecule has 0 aromatic heterocycles. The Morgan fingerprint density at radius 1 is 1.22 bits per heavy atom. The van der Waals surface area contributed by atoms with Crippen LogP contribution in [0.4, 0.5) is 10.1 Å². The number of hydrogen-bond donors (Lipinski definition) is 1. The number of carbonyl (C=O) groups is 1. The van der Waals surface area contributed by atoms with Crippen LogP contribution in [0.15, 0.2) is 53.5 Å². The van der Waals surface area contributed by atoms with E-state index in [-0.39, 0.29) is 11.7 Å². The van der Waals surface area contributed by atoms with Crippen LogP contribution in [0.2, 0.25) is 0 Å². The molecule has 0 radical (unpaired) electrons. The van der Waals surface area contributed by atoms with Gasteiger partial charge in [0, 0.05) is 24.3 Å². The number of carbonyl (C=O) groups excluding carboxylic acids is 1. The molecule has 1 N–H and O–H groups in total. The standard InChI is InChI=1S/C18H18FN3O/c1-13-5-2-6-14(11-13)17(23)21-18-20-9-4-10-22(18)16-8-3-7-15(19)12-16/h2-3,5-8,11-12H,4,9-10H2,1H3,(H,20,21,23). The minimum absolute atomic E-state index is 0.212. The van der Waals surface area contributed by atoms with Gasteiger partial charge in [-0.3, -0.25) is 15.1 Å². The van der Waals surface area contributed by atoms with E-state index in [1.165, 1.54) is 12.1 Å². The van der Waals surface area contributed by atoms with Gasteiger partial charge in [-0.25, -0.2) is 4.39 Å². The maximum Gasteiger partial charge on any atom is 0.257 e. The lowest BCUT2D eigenvalue weighted by molar-refractivity contribution is 0.0976. The molecule has 0 atom stereocenters. The Labute approximate surface area is 134 Å². The Morgan fingerprint density at radius 2 is 2.04 bits per heavy atom. The predicted molar refractivity (Wildman–Crippen MR) is 89.3 cm³/mol.